The number of nitrogens with zero attached hydrogens (tertiary/aromatic N) is 2. The molecule has 7 nitrogen and oxygen atoms in total. The lowest BCUT2D eigenvalue weighted by molar-refractivity contribution is -0.139. The number of anilines is 1. The third-order valence-corrected chi connectivity index (χ3v) is 8.66. The lowest BCUT2D eigenvalue weighted by Gasteiger charge is -2.32. The molecular weight excluding hydrogens is 557 g/mol. The van der Waals surface area contributed by atoms with Crippen LogP contribution >= 0.6 is 23.2 Å². The van der Waals surface area contributed by atoms with Crippen LogP contribution in [0, 0.1) is 6.92 Å². The van der Waals surface area contributed by atoms with Gasteiger partial charge >= 0.3 is 0 Å². The van der Waals surface area contributed by atoms with E-state index in [1.54, 1.807) is 25.1 Å². The second-order valence-corrected chi connectivity index (χ2v) is 12.2. The average molecular weight is 591 g/mol. The summed E-state index contributed by atoms with van der Waals surface area (Å²) in [4.78, 5) is 28.4. The van der Waals surface area contributed by atoms with Crippen molar-refractivity contribution in [2.75, 3.05) is 10.8 Å². The molecule has 0 heterocycles. The van der Waals surface area contributed by atoms with Gasteiger partial charge in [0.25, 0.3) is 10.0 Å². The number of sulfonamides is 1. The minimum Gasteiger partial charge on any atom is -0.352 e. The van der Waals surface area contributed by atoms with Gasteiger partial charge in [-0.15, -0.1) is 0 Å². The summed E-state index contributed by atoms with van der Waals surface area (Å²) in [6.45, 7) is 7.00. The van der Waals surface area contributed by atoms with Crippen molar-refractivity contribution in [2.45, 2.75) is 57.6 Å². The molecule has 3 aromatic carbocycles. The lowest BCUT2D eigenvalue weighted by atomic mass is 10.1. The van der Waals surface area contributed by atoms with E-state index in [-0.39, 0.29) is 29.1 Å². The molecule has 3 aromatic rings. The highest BCUT2D eigenvalue weighted by Crippen LogP contribution is 2.27. The van der Waals surface area contributed by atoms with Crippen LogP contribution in [0.15, 0.2) is 77.7 Å². The molecule has 0 radical (unpaired) electrons. The van der Waals surface area contributed by atoms with Crippen molar-refractivity contribution in [2.24, 2.45) is 0 Å². The fraction of sp³-hybridized carbons (Fsp3) is 0.310. The first-order valence-electron chi connectivity index (χ1n) is 12.6. The Balaban J connectivity index is 2.03. The number of hydrogen-bond acceptors (Lipinski definition) is 4. The van der Waals surface area contributed by atoms with Crippen molar-refractivity contribution in [3.63, 3.8) is 0 Å². The Hall–Kier alpha value is -3.07. The Labute approximate surface area is 240 Å². The van der Waals surface area contributed by atoms with Gasteiger partial charge in [-0.25, -0.2) is 8.42 Å². The van der Waals surface area contributed by atoms with Gasteiger partial charge in [0.05, 0.1) is 10.6 Å². The molecule has 39 heavy (non-hydrogen) atoms. The Morgan fingerprint density at radius 2 is 1.59 bits per heavy atom. The summed E-state index contributed by atoms with van der Waals surface area (Å²) in [6.07, 6.45) is 0.728. The molecule has 0 spiro atoms. The van der Waals surface area contributed by atoms with Crippen LogP contribution in [0.5, 0.6) is 0 Å². The maximum Gasteiger partial charge on any atom is 0.264 e. The van der Waals surface area contributed by atoms with E-state index in [0.29, 0.717) is 10.0 Å². The third-order valence-electron chi connectivity index (χ3n) is 6.38. The maximum atomic E-state index is 13.9. The zero-order valence-corrected chi connectivity index (χ0v) is 24.7. The normalized spacial score (nSPS) is 12.9. The minimum atomic E-state index is -4.20. The van der Waals surface area contributed by atoms with Crippen LogP contribution in [0.2, 0.25) is 10.0 Å². The number of amides is 2. The first-order chi connectivity index (χ1) is 18.4. The predicted octanol–water partition coefficient (Wildman–Crippen LogP) is 5.83. The molecular formula is C29H33Cl2N3O4S. The summed E-state index contributed by atoms with van der Waals surface area (Å²) in [5, 5.41) is 3.61. The molecule has 10 heteroatoms. The Kier molecular flexibility index (Phi) is 10.4. The number of rotatable bonds is 11. The van der Waals surface area contributed by atoms with Crippen LogP contribution in [0.1, 0.15) is 38.3 Å². The fourth-order valence-corrected chi connectivity index (χ4v) is 5.67. The van der Waals surface area contributed by atoms with E-state index in [1.807, 2.05) is 45.0 Å². The summed E-state index contributed by atoms with van der Waals surface area (Å²) in [7, 11) is -4.20. The van der Waals surface area contributed by atoms with Crippen LogP contribution < -0.4 is 9.62 Å². The van der Waals surface area contributed by atoms with Crippen LogP contribution in [-0.4, -0.2) is 43.8 Å². The van der Waals surface area contributed by atoms with Gasteiger partial charge in [0.2, 0.25) is 11.8 Å². The molecule has 208 valence electrons. The van der Waals surface area contributed by atoms with Crippen LogP contribution in [0.25, 0.3) is 0 Å². The highest BCUT2D eigenvalue weighted by atomic mass is 35.5. The van der Waals surface area contributed by atoms with E-state index in [2.05, 4.69) is 5.32 Å². The lowest BCUT2D eigenvalue weighted by Crippen LogP contribution is -2.52. The monoisotopic (exact) mass is 589 g/mol. The quantitative estimate of drug-likeness (QED) is 0.305. The maximum absolute atomic E-state index is 13.9. The number of carbonyl (C=O) groups is 2. The van der Waals surface area contributed by atoms with Gasteiger partial charge in [-0.2, -0.15) is 0 Å². The zero-order valence-electron chi connectivity index (χ0n) is 22.4. The molecule has 0 fully saturated rings. The van der Waals surface area contributed by atoms with Crippen LogP contribution in [-0.2, 0) is 26.2 Å². The van der Waals surface area contributed by atoms with E-state index in [0.717, 1.165) is 21.9 Å². The number of benzene rings is 3. The number of hydrogen-bond donors (Lipinski definition) is 1. The van der Waals surface area contributed by atoms with Crippen molar-refractivity contribution in [1.29, 1.82) is 0 Å². The van der Waals surface area contributed by atoms with Gasteiger partial charge in [0.1, 0.15) is 12.6 Å². The number of halogens is 2. The second-order valence-electron chi connectivity index (χ2n) is 9.45. The Morgan fingerprint density at radius 3 is 2.21 bits per heavy atom. The molecule has 0 aliphatic carbocycles. The van der Waals surface area contributed by atoms with Gasteiger partial charge in [-0.1, -0.05) is 66.0 Å². The average Bonchev–Trinajstić information content (AvgIpc) is 2.89. The zero-order chi connectivity index (χ0) is 28.7. The molecule has 0 bridgehead atoms. The van der Waals surface area contributed by atoms with Gasteiger partial charge in [0, 0.05) is 22.6 Å². The van der Waals surface area contributed by atoms with Crippen molar-refractivity contribution < 1.29 is 18.0 Å². The summed E-state index contributed by atoms with van der Waals surface area (Å²) in [6, 6.07) is 18.6. The van der Waals surface area contributed by atoms with Crippen molar-refractivity contribution in [1.82, 2.24) is 10.2 Å². The number of aryl methyl sites for hydroxylation is 1. The largest absolute Gasteiger partial charge is 0.352 e. The van der Waals surface area contributed by atoms with Gasteiger partial charge in [-0.05, 0) is 75.2 Å². The van der Waals surface area contributed by atoms with Gasteiger partial charge < -0.3 is 10.2 Å². The minimum absolute atomic E-state index is 0.0347. The summed E-state index contributed by atoms with van der Waals surface area (Å²) in [5.41, 5.74) is 2.04. The first kappa shape index (κ1) is 30.5. The van der Waals surface area contributed by atoms with Gasteiger partial charge in [0.15, 0.2) is 0 Å². The molecule has 0 unspecified atom stereocenters. The molecule has 0 aromatic heterocycles. The molecule has 3 rings (SSSR count). The molecule has 0 saturated carbocycles. The SMILES string of the molecule is CC[C@@H](C)NC(=O)[C@H](C)N(Cc1cccc(C)c1)C(=O)CN(c1cccc(Cl)c1)S(=O)(=O)c1ccc(Cl)cc1. The summed E-state index contributed by atoms with van der Waals surface area (Å²) in [5.74, 6) is -0.860. The summed E-state index contributed by atoms with van der Waals surface area (Å²) < 4.78 is 28.6. The van der Waals surface area contributed by atoms with E-state index in [1.165, 1.54) is 35.2 Å². The predicted molar refractivity (Wildman–Crippen MR) is 157 cm³/mol. The summed E-state index contributed by atoms with van der Waals surface area (Å²) >= 11 is 12.2. The second kappa shape index (κ2) is 13.3. The first-order valence-corrected chi connectivity index (χ1v) is 14.8. The molecule has 2 atom stereocenters. The molecule has 0 aliphatic rings. The van der Waals surface area contributed by atoms with Crippen molar-refractivity contribution >= 4 is 50.7 Å². The van der Waals surface area contributed by atoms with E-state index < -0.39 is 28.5 Å². The van der Waals surface area contributed by atoms with E-state index in [4.69, 9.17) is 23.2 Å². The highest BCUT2D eigenvalue weighted by molar-refractivity contribution is 7.92. The van der Waals surface area contributed by atoms with Gasteiger partial charge in [-0.3, -0.25) is 13.9 Å². The standard InChI is InChI=1S/C29H33Cl2N3O4S/c1-5-21(3)32-29(36)22(4)33(18-23-9-6-8-20(2)16-23)28(35)19-34(26-11-7-10-25(31)17-26)39(37,38)27-14-12-24(30)13-15-27/h6-17,21-22H,5,18-19H2,1-4H3,(H,32,36)/t21-,22+/m1/s1. The fourth-order valence-electron chi connectivity index (χ4n) is 3.95. The molecule has 2 amide bonds. The van der Waals surface area contributed by atoms with E-state index in [9.17, 15) is 18.0 Å². The highest BCUT2D eigenvalue weighted by Gasteiger charge is 2.33. The van der Waals surface area contributed by atoms with Crippen LogP contribution in [0.3, 0.4) is 0 Å². The smallest absolute Gasteiger partial charge is 0.264 e. The topological polar surface area (TPSA) is 86.8 Å². The molecule has 0 saturated heterocycles. The molecule has 0 aliphatic heterocycles. The Morgan fingerprint density at radius 1 is 0.923 bits per heavy atom. The van der Waals surface area contributed by atoms with Crippen molar-refractivity contribution in [3.8, 4) is 0 Å². The molecule has 1 N–H and O–H groups in total. The Bertz CT molecular complexity index is 1410. The van der Waals surface area contributed by atoms with Crippen molar-refractivity contribution in [3.05, 3.63) is 94.0 Å². The number of carbonyl (C=O) groups excluding carboxylic acids is 2. The van der Waals surface area contributed by atoms with Crippen LogP contribution in [0.4, 0.5) is 5.69 Å². The van der Waals surface area contributed by atoms with E-state index >= 15 is 0 Å². The number of nitrogens with one attached hydrogen (secondary N) is 1. The third kappa shape index (κ3) is 7.97.